The SMILES string of the molecule is CCc1nnc(N2CCN(C(=O)c3cccc(N(C)C)c3)CC2)o1. The first-order chi connectivity index (χ1) is 11.6. The first-order valence-electron chi connectivity index (χ1n) is 8.22. The molecule has 7 heteroatoms. The second-order valence-electron chi connectivity index (χ2n) is 6.06. The summed E-state index contributed by atoms with van der Waals surface area (Å²) in [7, 11) is 3.94. The van der Waals surface area contributed by atoms with Gasteiger partial charge in [-0.1, -0.05) is 18.1 Å². The summed E-state index contributed by atoms with van der Waals surface area (Å²) in [5.41, 5.74) is 1.75. The highest BCUT2D eigenvalue weighted by Crippen LogP contribution is 2.18. The Kier molecular flexibility index (Phi) is 4.69. The molecule has 7 nitrogen and oxygen atoms in total. The lowest BCUT2D eigenvalue weighted by Crippen LogP contribution is -2.49. The van der Waals surface area contributed by atoms with Crippen molar-refractivity contribution < 1.29 is 9.21 Å². The molecule has 0 saturated carbocycles. The Morgan fingerprint density at radius 3 is 2.58 bits per heavy atom. The molecule has 2 aromatic rings. The van der Waals surface area contributed by atoms with Gasteiger partial charge in [-0.3, -0.25) is 4.79 Å². The molecule has 0 N–H and O–H groups in total. The van der Waals surface area contributed by atoms with E-state index < -0.39 is 0 Å². The maximum Gasteiger partial charge on any atom is 0.318 e. The monoisotopic (exact) mass is 329 g/mol. The van der Waals surface area contributed by atoms with E-state index in [4.69, 9.17) is 4.42 Å². The number of hydrogen-bond acceptors (Lipinski definition) is 6. The van der Waals surface area contributed by atoms with E-state index in [1.165, 1.54) is 0 Å². The van der Waals surface area contributed by atoms with Crippen LogP contribution in [0.4, 0.5) is 11.7 Å². The topological polar surface area (TPSA) is 65.7 Å². The fraction of sp³-hybridized carbons (Fsp3) is 0.471. The Morgan fingerprint density at radius 1 is 1.21 bits per heavy atom. The van der Waals surface area contributed by atoms with E-state index in [-0.39, 0.29) is 5.91 Å². The highest BCUT2D eigenvalue weighted by Gasteiger charge is 2.25. The van der Waals surface area contributed by atoms with Gasteiger partial charge >= 0.3 is 6.01 Å². The number of anilines is 2. The zero-order valence-corrected chi connectivity index (χ0v) is 14.4. The lowest BCUT2D eigenvalue weighted by Gasteiger charge is -2.33. The molecule has 3 rings (SSSR count). The fourth-order valence-corrected chi connectivity index (χ4v) is 2.72. The molecule has 0 atom stereocenters. The number of carbonyl (C=O) groups is 1. The molecule has 128 valence electrons. The molecule has 1 aliphatic rings. The maximum atomic E-state index is 12.7. The zero-order valence-electron chi connectivity index (χ0n) is 14.4. The van der Waals surface area contributed by atoms with Crippen LogP contribution in [-0.4, -0.2) is 61.3 Å². The summed E-state index contributed by atoms with van der Waals surface area (Å²) in [6.45, 7) is 4.67. The molecule has 1 amide bonds. The highest BCUT2D eigenvalue weighted by molar-refractivity contribution is 5.95. The molecule has 1 saturated heterocycles. The summed E-state index contributed by atoms with van der Waals surface area (Å²) in [5.74, 6) is 0.710. The lowest BCUT2D eigenvalue weighted by molar-refractivity contribution is 0.0745. The third kappa shape index (κ3) is 3.34. The average molecular weight is 329 g/mol. The number of hydrogen-bond donors (Lipinski definition) is 0. The van der Waals surface area contributed by atoms with Crippen LogP contribution in [0.3, 0.4) is 0 Å². The third-order valence-electron chi connectivity index (χ3n) is 4.21. The fourth-order valence-electron chi connectivity index (χ4n) is 2.72. The summed E-state index contributed by atoms with van der Waals surface area (Å²) in [4.78, 5) is 18.6. The Bertz CT molecular complexity index is 705. The van der Waals surface area contributed by atoms with Gasteiger partial charge in [-0.25, -0.2) is 0 Å². The van der Waals surface area contributed by atoms with Gasteiger partial charge in [0.2, 0.25) is 5.89 Å². The molecule has 24 heavy (non-hydrogen) atoms. The van der Waals surface area contributed by atoms with E-state index in [9.17, 15) is 4.79 Å². The molecule has 0 bridgehead atoms. The van der Waals surface area contributed by atoms with E-state index >= 15 is 0 Å². The summed E-state index contributed by atoms with van der Waals surface area (Å²) in [5, 5.41) is 8.06. The Labute approximate surface area is 141 Å². The van der Waals surface area contributed by atoms with E-state index in [0.29, 0.717) is 38.1 Å². The molecule has 1 fully saturated rings. The molecule has 0 unspecified atom stereocenters. The van der Waals surface area contributed by atoms with Gasteiger partial charge in [0, 0.05) is 57.9 Å². The maximum absolute atomic E-state index is 12.7. The van der Waals surface area contributed by atoms with E-state index in [2.05, 4.69) is 10.2 Å². The van der Waals surface area contributed by atoms with Gasteiger partial charge in [0.05, 0.1) is 0 Å². The van der Waals surface area contributed by atoms with Crippen molar-refractivity contribution in [3.05, 3.63) is 35.7 Å². The Balaban J connectivity index is 1.63. The van der Waals surface area contributed by atoms with Crippen LogP contribution < -0.4 is 9.80 Å². The summed E-state index contributed by atoms with van der Waals surface area (Å²) < 4.78 is 5.59. The third-order valence-corrected chi connectivity index (χ3v) is 4.21. The van der Waals surface area contributed by atoms with Gasteiger partial charge in [0.25, 0.3) is 5.91 Å². The molecule has 0 aliphatic carbocycles. The quantitative estimate of drug-likeness (QED) is 0.850. The first kappa shape index (κ1) is 16.3. The second kappa shape index (κ2) is 6.90. The second-order valence-corrected chi connectivity index (χ2v) is 6.06. The summed E-state index contributed by atoms with van der Waals surface area (Å²) in [6, 6.07) is 8.26. The minimum absolute atomic E-state index is 0.0677. The Morgan fingerprint density at radius 2 is 1.96 bits per heavy atom. The standard InChI is InChI=1S/C17H23N5O2/c1-4-15-18-19-17(24-15)22-10-8-21(9-11-22)16(23)13-6-5-7-14(12-13)20(2)3/h5-7,12H,4,8-11H2,1-3H3. The van der Waals surface area contributed by atoms with Gasteiger partial charge in [-0.05, 0) is 18.2 Å². The molecular formula is C17H23N5O2. The van der Waals surface area contributed by atoms with Crippen molar-refractivity contribution >= 4 is 17.6 Å². The normalized spacial score (nSPS) is 14.8. The van der Waals surface area contributed by atoms with Crippen molar-refractivity contribution in [3.8, 4) is 0 Å². The van der Waals surface area contributed by atoms with Crippen molar-refractivity contribution in [2.45, 2.75) is 13.3 Å². The van der Waals surface area contributed by atoms with Crippen LogP contribution in [-0.2, 0) is 6.42 Å². The number of rotatable bonds is 4. The van der Waals surface area contributed by atoms with Crippen molar-refractivity contribution in [1.29, 1.82) is 0 Å². The predicted molar refractivity (Wildman–Crippen MR) is 92.6 cm³/mol. The van der Waals surface area contributed by atoms with Gasteiger partial charge < -0.3 is 19.1 Å². The van der Waals surface area contributed by atoms with Gasteiger partial charge in [-0.2, -0.15) is 0 Å². The van der Waals surface area contributed by atoms with Crippen LogP contribution in [0.15, 0.2) is 28.7 Å². The zero-order chi connectivity index (χ0) is 17.1. The lowest BCUT2D eigenvalue weighted by atomic mass is 10.1. The largest absolute Gasteiger partial charge is 0.408 e. The van der Waals surface area contributed by atoms with Crippen molar-refractivity contribution in [1.82, 2.24) is 15.1 Å². The summed E-state index contributed by atoms with van der Waals surface area (Å²) >= 11 is 0. The average Bonchev–Trinajstić information content (AvgIpc) is 3.10. The van der Waals surface area contributed by atoms with Crippen LogP contribution in [0.1, 0.15) is 23.2 Å². The molecule has 2 heterocycles. The smallest absolute Gasteiger partial charge is 0.318 e. The number of aromatic nitrogens is 2. The van der Waals surface area contributed by atoms with E-state index in [1.54, 1.807) is 0 Å². The number of piperazine rings is 1. The number of aryl methyl sites for hydroxylation is 1. The van der Waals surface area contributed by atoms with Crippen molar-refractivity contribution in [2.75, 3.05) is 50.1 Å². The molecule has 0 radical (unpaired) electrons. The van der Waals surface area contributed by atoms with Crippen LogP contribution in [0.25, 0.3) is 0 Å². The van der Waals surface area contributed by atoms with Crippen molar-refractivity contribution in [3.63, 3.8) is 0 Å². The summed E-state index contributed by atoms with van der Waals surface area (Å²) in [6.07, 6.45) is 0.730. The molecule has 0 spiro atoms. The molecule has 1 aromatic carbocycles. The molecular weight excluding hydrogens is 306 g/mol. The highest BCUT2D eigenvalue weighted by atomic mass is 16.4. The number of amides is 1. The van der Waals surface area contributed by atoms with Crippen LogP contribution in [0, 0.1) is 0 Å². The van der Waals surface area contributed by atoms with Crippen LogP contribution in [0.2, 0.25) is 0 Å². The minimum atomic E-state index is 0.0677. The molecule has 1 aromatic heterocycles. The Hall–Kier alpha value is -2.57. The number of nitrogens with zero attached hydrogens (tertiary/aromatic N) is 5. The minimum Gasteiger partial charge on any atom is -0.408 e. The van der Waals surface area contributed by atoms with Gasteiger partial charge in [-0.15, -0.1) is 5.10 Å². The van der Waals surface area contributed by atoms with E-state index in [0.717, 1.165) is 17.7 Å². The molecule has 1 aliphatic heterocycles. The van der Waals surface area contributed by atoms with Crippen molar-refractivity contribution in [2.24, 2.45) is 0 Å². The van der Waals surface area contributed by atoms with E-state index in [1.807, 2.05) is 60.0 Å². The number of carbonyl (C=O) groups excluding carboxylic acids is 1. The van der Waals surface area contributed by atoms with Gasteiger partial charge in [0.15, 0.2) is 0 Å². The van der Waals surface area contributed by atoms with Crippen LogP contribution >= 0.6 is 0 Å². The first-order valence-corrected chi connectivity index (χ1v) is 8.22. The van der Waals surface area contributed by atoms with Gasteiger partial charge in [0.1, 0.15) is 0 Å². The van der Waals surface area contributed by atoms with Crippen LogP contribution in [0.5, 0.6) is 0 Å². The number of benzene rings is 1. The predicted octanol–water partition coefficient (Wildman–Crippen LogP) is 1.66.